The fraction of sp³-hybridized carbons (Fsp3) is 0.529. The minimum absolute atomic E-state index is 0.442. The lowest BCUT2D eigenvalue weighted by Gasteiger charge is -2.33. The number of benzene rings is 1. The highest BCUT2D eigenvalue weighted by molar-refractivity contribution is 5.83. The lowest BCUT2D eigenvalue weighted by molar-refractivity contribution is -0.166. The molecule has 118 valence electrons. The lowest BCUT2D eigenvalue weighted by atomic mass is 10.0. The van der Waals surface area contributed by atoms with Crippen molar-refractivity contribution in [2.45, 2.75) is 44.2 Å². The van der Waals surface area contributed by atoms with E-state index in [1.807, 2.05) is 6.07 Å². The van der Waals surface area contributed by atoms with Crippen LogP contribution >= 0.6 is 0 Å². The number of nitrogens with one attached hydrogen (secondary N) is 1. The second-order valence-electron chi connectivity index (χ2n) is 5.47. The summed E-state index contributed by atoms with van der Waals surface area (Å²) < 4.78 is 10.9. The number of para-hydroxylation sites is 1. The van der Waals surface area contributed by atoms with Gasteiger partial charge in [0.05, 0.1) is 25.0 Å². The van der Waals surface area contributed by atoms with Crippen LogP contribution in [-0.2, 0) is 14.3 Å². The summed E-state index contributed by atoms with van der Waals surface area (Å²) in [6.07, 6.45) is 5.63. The predicted molar refractivity (Wildman–Crippen MR) is 83.2 cm³/mol. The predicted octanol–water partition coefficient (Wildman–Crippen LogP) is 3.21. The quantitative estimate of drug-likeness (QED) is 0.868. The Morgan fingerprint density at radius 2 is 2.00 bits per heavy atom. The van der Waals surface area contributed by atoms with Gasteiger partial charge in [0.1, 0.15) is 6.07 Å². The van der Waals surface area contributed by atoms with Crippen LogP contribution in [0.4, 0.5) is 5.69 Å². The molecule has 1 heterocycles. The first-order valence-corrected chi connectivity index (χ1v) is 7.71. The van der Waals surface area contributed by atoms with Gasteiger partial charge in [0.15, 0.2) is 0 Å². The van der Waals surface area contributed by atoms with Gasteiger partial charge >= 0.3 is 5.97 Å². The summed E-state index contributed by atoms with van der Waals surface area (Å²) in [7, 11) is 1.36. The summed E-state index contributed by atoms with van der Waals surface area (Å²) in [4.78, 5) is 12.4. The molecule has 1 aliphatic rings. The number of hydrogen-bond acceptors (Lipinski definition) is 5. The Kier molecular flexibility index (Phi) is 5.79. The third-order valence-corrected chi connectivity index (χ3v) is 3.92. The van der Waals surface area contributed by atoms with Gasteiger partial charge in [0.2, 0.25) is 5.72 Å². The number of rotatable bonds is 3. The van der Waals surface area contributed by atoms with Crippen LogP contribution in [0.1, 0.15) is 44.1 Å². The number of esters is 1. The molecule has 1 aromatic rings. The van der Waals surface area contributed by atoms with Gasteiger partial charge in [-0.2, -0.15) is 5.26 Å². The van der Waals surface area contributed by atoms with Crippen molar-refractivity contribution in [1.29, 1.82) is 5.26 Å². The molecule has 5 heteroatoms. The van der Waals surface area contributed by atoms with Crippen LogP contribution < -0.4 is 5.32 Å². The van der Waals surface area contributed by atoms with Gasteiger partial charge in [0.25, 0.3) is 0 Å². The number of anilines is 1. The van der Waals surface area contributed by atoms with E-state index in [4.69, 9.17) is 9.47 Å². The molecule has 5 nitrogen and oxygen atoms in total. The average Bonchev–Trinajstić information content (AvgIpc) is 2.67. The Hall–Kier alpha value is -2.06. The lowest BCUT2D eigenvalue weighted by Crippen LogP contribution is -2.50. The molecule has 2 rings (SSSR count). The highest BCUT2D eigenvalue weighted by Gasteiger charge is 2.41. The van der Waals surface area contributed by atoms with Crippen LogP contribution in [0.25, 0.3) is 0 Å². The molecule has 0 saturated carbocycles. The Bertz CT molecular complexity index is 541. The van der Waals surface area contributed by atoms with Crippen molar-refractivity contribution in [3.63, 3.8) is 0 Å². The number of nitriles is 1. The molecule has 0 amide bonds. The van der Waals surface area contributed by atoms with E-state index in [2.05, 4.69) is 11.4 Å². The molecule has 0 aromatic heterocycles. The monoisotopic (exact) mass is 302 g/mol. The number of carbonyl (C=O) groups is 1. The maximum atomic E-state index is 12.4. The molecule has 1 aliphatic heterocycles. The normalized spacial score (nSPS) is 22.5. The van der Waals surface area contributed by atoms with Gasteiger partial charge in [-0.3, -0.25) is 0 Å². The summed E-state index contributed by atoms with van der Waals surface area (Å²) >= 11 is 0. The third kappa shape index (κ3) is 3.77. The van der Waals surface area contributed by atoms with Crippen LogP contribution in [0.5, 0.6) is 0 Å². The molecule has 0 radical (unpaired) electrons. The van der Waals surface area contributed by atoms with E-state index in [-0.39, 0.29) is 0 Å². The van der Waals surface area contributed by atoms with Gasteiger partial charge in [-0.25, -0.2) is 4.79 Å². The first-order valence-electron chi connectivity index (χ1n) is 7.71. The molecular formula is C17H22N2O3. The van der Waals surface area contributed by atoms with Crippen molar-refractivity contribution in [2.75, 3.05) is 19.0 Å². The van der Waals surface area contributed by atoms with E-state index < -0.39 is 11.7 Å². The topological polar surface area (TPSA) is 71.3 Å². The highest BCUT2D eigenvalue weighted by atomic mass is 16.6. The van der Waals surface area contributed by atoms with Gasteiger partial charge in [0, 0.05) is 6.42 Å². The second kappa shape index (κ2) is 7.81. The SMILES string of the molecule is COC(=O)C1(Nc2ccccc2C#N)CCCCCCCO1. The average molecular weight is 302 g/mol. The van der Waals surface area contributed by atoms with E-state index in [1.165, 1.54) is 7.11 Å². The zero-order valence-corrected chi connectivity index (χ0v) is 12.9. The van der Waals surface area contributed by atoms with Crippen LogP contribution in [0.2, 0.25) is 0 Å². The first kappa shape index (κ1) is 16.3. The number of carbonyl (C=O) groups excluding carboxylic acids is 1. The molecule has 1 saturated heterocycles. The Balaban J connectivity index is 2.31. The van der Waals surface area contributed by atoms with E-state index in [0.29, 0.717) is 24.3 Å². The summed E-state index contributed by atoms with van der Waals surface area (Å²) in [5.74, 6) is -0.442. The van der Waals surface area contributed by atoms with Crippen molar-refractivity contribution >= 4 is 11.7 Å². The molecule has 1 fully saturated rings. The molecule has 0 bridgehead atoms. The molecule has 1 aromatic carbocycles. The molecule has 1 N–H and O–H groups in total. The standard InChI is InChI=1S/C17H22N2O3/c1-21-16(20)17(11-7-3-2-4-8-12-22-17)19-15-10-6-5-9-14(15)13-18/h5-6,9-10,19H,2-4,7-8,11-12H2,1H3. The third-order valence-electron chi connectivity index (χ3n) is 3.92. The molecule has 1 atom stereocenters. The van der Waals surface area contributed by atoms with E-state index in [0.717, 1.165) is 32.1 Å². The van der Waals surface area contributed by atoms with Crippen LogP contribution in [0, 0.1) is 11.3 Å². The Morgan fingerprint density at radius 3 is 2.77 bits per heavy atom. The number of hydrogen-bond donors (Lipinski definition) is 1. The van der Waals surface area contributed by atoms with Crippen molar-refractivity contribution in [3.8, 4) is 6.07 Å². The van der Waals surface area contributed by atoms with Crippen molar-refractivity contribution < 1.29 is 14.3 Å². The molecular weight excluding hydrogens is 280 g/mol. The van der Waals surface area contributed by atoms with Crippen LogP contribution in [0.15, 0.2) is 24.3 Å². The number of methoxy groups -OCH3 is 1. The molecule has 0 spiro atoms. The maximum Gasteiger partial charge on any atom is 0.359 e. The minimum Gasteiger partial charge on any atom is -0.465 e. The zero-order chi connectivity index (χ0) is 15.8. The number of ether oxygens (including phenoxy) is 2. The van der Waals surface area contributed by atoms with Gasteiger partial charge in [-0.1, -0.05) is 31.4 Å². The first-order chi connectivity index (χ1) is 10.7. The fourth-order valence-electron chi connectivity index (χ4n) is 2.71. The molecule has 0 aliphatic carbocycles. The highest BCUT2D eigenvalue weighted by Crippen LogP contribution is 2.28. The van der Waals surface area contributed by atoms with Gasteiger partial charge < -0.3 is 14.8 Å². The minimum atomic E-state index is -1.22. The number of nitrogens with zero attached hydrogens (tertiary/aromatic N) is 1. The maximum absolute atomic E-state index is 12.4. The van der Waals surface area contributed by atoms with Crippen LogP contribution in [0.3, 0.4) is 0 Å². The van der Waals surface area contributed by atoms with E-state index >= 15 is 0 Å². The summed E-state index contributed by atoms with van der Waals surface area (Å²) in [6, 6.07) is 9.23. The van der Waals surface area contributed by atoms with E-state index in [1.54, 1.807) is 18.2 Å². The smallest absolute Gasteiger partial charge is 0.359 e. The fourth-order valence-corrected chi connectivity index (χ4v) is 2.71. The Labute approximate surface area is 131 Å². The summed E-state index contributed by atoms with van der Waals surface area (Å²) in [5.41, 5.74) is -0.143. The van der Waals surface area contributed by atoms with Gasteiger partial charge in [-0.05, 0) is 25.0 Å². The zero-order valence-electron chi connectivity index (χ0n) is 12.9. The van der Waals surface area contributed by atoms with Crippen molar-refractivity contribution in [2.24, 2.45) is 0 Å². The summed E-state index contributed by atoms with van der Waals surface area (Å²) in [6.45, 7) is 0.497. The summed E-state index contributed by atoms with van der Waals surface area (Å²) in [5, 5.41) is 12.4. The van der Waals surface area contributed by atoms with Gasteiger partial charge in [-0.15, -0.1) is 0 Å². The second-order valence-corrected chi connectivity index (χ2v) is 5.47. The molecule has 1 unspecified atom stereocenters. The molecule has 22 heavy (non-hydrogen) atoms. The largest absolute Gasteiger partial charge is 0.465 e. The van der Waals surface area contributed by atoms with Crippen molar-refractivity contribution in [1.82, 2.24) is 0 Å². The van der Waals surface area contributed by atoms with Crippen LogP contribution in [-0.4, -0.2) is 25.4 Å². The van der Waals surface area contributed by atoms with E-state index in [9.17, 15) is 10.1 Å². The Morgan fingerprint density at radius 1 is 1.27 bits per heavy atom. The van der Waals surface area contributed by atoms with Crippen molar-refractivity contribution in [3.05, 3.63) is 29.8 Å².